The zero-order valence-electron chi connectivity index (χ0n) is 17.3. The van der Waals surface area contributed by atoms with Crippen molar-refractivity contribution in [3.8, 4) is 11.6 Å². The van der Waals surface area contributed by atoms with Gasteiger partial charge in [-0.15, -0.1) is 0 Å². The van der Waals surface area contributed by atoms with E-state index in [1.165, 1.54) is 35.6 Å². The third-order valence-electron chi connectivity index (χ3n) is 4.64. The average molecular weight is 452 g/mol. The highest BCUT2D eigenvalue weighted by molar-refractivity contribution is 5.98. The van der Waals surface area contributed by atoms with Crippen molar-refractivity contribution >= 4 is 17.7 Å². The smallest absolute Gasteiger partial charge is 0.422 e. The minimum Gasteiger partial charge on any atom is -0.479 e. The SMILES string of the molecule is CCC(O)C/C=C/c1ncc(N2CC[C@@H](Oc3ccc(OCC(F)(F)F)nc3)C2=O)cn1. The van der Waals surface area contributed by atoms with Gasteiger partial charge < -0.3 is 19.5 Å². The molecule has 2 aromatic rings. The Bertz CT molecular complexity index is 920. The van der Waals surface area contributed by atoms with E-state index in [-0.39, 0.29) is 17.5 Å². The molecule has 172 valence electrons. The van der Waals surface area contributed by atoms with E-state index in [1.807, 2.05) is 6.92 Å². The fourth-order valence-corrected chi connectivity index (χ4v) is 2.92. The van der Waals surface area contributed by atoms with Crippen molar-refractivity contribution in [1.29, 1.82) is 0 Å². The molecular weight excluding hydrogens is 429 g/mol. The molecular formula is C21H23F3N4O4. The van der Waals surface area contributed by atoms with Gasteiger partial charge in [0.25, 0.3) is 5.91 Å². The minimum atomic E-state index is -4.45. The quantitative estimate of drug-likeness (QED) is 0.624. The van der Waals surface area contributed by atoms with Crippen LogP contribution in [0.5, 0.6) is 11.6 Å². The summed E-state index contributed by atoms with van der Waals surface area (Å²) >= 11 is 0. The fraction of sp³-hybridized carbons (Fsp3) is 0.429. The summed E-state index contributed by atoms with van der Waals surface area (Å²) in [6, 6.07) is 2.65. The third kappa shape index (κ3) is 6.64. The maximum absolute atomic E-state index is 12.7. The van der Waals surface area contributed by atoms with Gasteiger partial charge in [-0.2, -0.15) is 13.2 Å². The number of hydrogen-bond donors (Lipinski definition) is 1. The second-order valence-electron chi connectivity index (χ2n) is 7.12. The molecule has 1 aliphatic heterocycles. The molecule has 1 saturated heterocycles. The Morgan fingerprint density at radius 1 is 1.25 bits per heavy atom. The lowest BCUT2D eigenvalue weighted by Crippen LogP contribution is -2.32. The second kappa shape index (κ2) is 10.4. The Kier molecular flexibility index (Phi) is 7.62. The second-order valence-corrected chi connectivity index (χ2v) is 7.12. The topological polar surface area (TPSA) is 97.7 Å². The van der Waals surface area contributed by atoms with Crippen molar-refractivity contribution in [2.24, 2.45) is 0 Å². The van der Waals surface area contributed by atoms with Crippen LogP contribution in [0.25, 0.3) is 6.08 Å². The number of carbonyl (C=O) groups is 1. The molecule has 2 atom stereocenters. The highest BCUT2D eigenvalue weighted by Crippen LogP contribution is 2.25. The Balaban J connectivity index is 1.54. The van der Waals surface area contributed by atoms with E-state index in [0.29, 0.717) is 37.3 Å². The van der Waals surface area contributed by atoms with Gasteiger partial charge in [0.2, 0.25) is 5.88 Å². The van der Waals surface area contributed by atoms with Crippen LogP contribution in [0, 0.1) is 0 Å². The van der Waals surface area contributed by atoms with Gasteiger partial charge in [0.1, 0.15) is 5.75 Å². The van der Waals surface area contributed by atoms with E-state index in [2.05, 4.69) is 19.7 Å². The molecule has 1 fully saturated rings. The molecule has 0 aliphatic carbocycles. The summed E-state index contributed by atoms with van der Waals surface area (Å²) < 4.78 is 46.8. The van der Waals surface area contributed by atoms with Crippen LogP contribution in [0.4, 0.5) is 18.9 Å². The maximum Gasteiger partial charge on any atom is 0.422 e. The van der Waals surface area contributed by atoms with Crippen LogP contribution in [-0.2, 0) is 4.79 Å². The third-order valence-corrected chi connectivity index (χ3v) is 4.64. The first-order valence-corrected chi connectivity index (χ1v) is 10.1. The Morgan fingerprint density at radius 3 is 2.62 bits per heavy atom. The number of nitrogens with zero attached hydrogens (tertiary/aromatic N) is 4. The van der Waals surface area contributed by atoms with E-state index < -0.39 is 25.0 Å². The monoisotopic (exact) mass is 452 g/mol. The van der Waals surface area contributed by atoms with Crippen molar-refractivity contribution in [1.82, 2.24) is 15.0 Å². The number of ether oxygens (including phenoxy) is 2. The summed E-state index contributed by atoms with van der Waals surface area (Å²) in [5.41, 5.74) is 0.529. The number of anilines is 1. The van der Waals surface area contributed by atoms with Crippen molar-refractivity contribution in [3.63, 3.8) is 0 Å². The van der Waals surface area contributed by atoms with Crippen molar-refractivity contribution in [2.45, 2.75) is 44.6 Å². The number of alkyl halides is 3. The maximum atomic E-state index is 12.7. The van der Waals surface area contributed by atoms with Crippen LogP contribution in [0.15, 0.2) is 36.8 Å². The normalized spacial score (nSPS) is 17.7. The van der Waals surface area contributed by atoms with Crippen molar-refractivity contribution < 1.29 is 32.5 Å². The molecule has 3 rings (SSSR count). The molecule has 1 N–H and O–H groups in total. The Labute approximate surface area is 182 Å². The van der Waals surface area contributed by atoms with Crippen LogP contribution in [0.2, 0.25) is 0 Å². The largest absolute Gasteiger partial charge is 0.479 e. The number of pyridine rings is 1. The summed E-state index contributed by atoms with van der Waals surface area (Å²) in [5, 5.41) is 9.55. The lowest BCUT2D eigenvalue weighted by molar-refractivity contribution is -0.154. The van der Waals surface area contributed by atoms with Gasteiger partial charge in [-0.05, 0) is 25.0 Å². The molecule has 32 heavy (non-hydrogen) atoms. The molecule has 0 spiro atoms. The zero-order chi connectivity index (χ0) is 23.1. The number of halogens is 3. The predicted octanol–water partition coefficient (Wildman–Crippen LogP) is 3.17. The van der Waals surface area contributed by atoms with E-state index in [0.717, 1.165) is 0 Å². The number of amides is 1. The summed E-state index contributed by atoms with van der Waals surface area (Å²) in [5.74, 6) is 0.246. The van der Waals surface area contributed by atoms with E-state index in [1.54, 1.807) is 12.2 Å². The first kappa shape index (κ1) is 23.5. The van der Waals surface area contributed by atoms with E-state index in [9.17, 15) is 23.1 Å². The molecule has 8 nitrogen and oxygen atoms in total. The minimum absolute atomic E-state index is 0.190. The van der Waals surface area contributed by atoms with Gasteiger partial charge in [0.05, 0.1) is 30.4 Å². The zero-order valence-corrected chi connectivity index (χ0v) is 17.3. The highest BCUT2D eigenvalue weighted by Gasteiger charge is 2.35. The van der Waals surface area contributed by atoms with Crippen molar-refractivity contribution in [2.75, 3.05) is 18.1 Å². The van der Waals surface area contributed by atoms with Gasteiger partial charge in [-0.25, -0.2) is 15.0 Å². The molecule has 2 aromatic heterocycles. The number of aromatic nitrogens is 3. The van der Waals surface area contributed by atoms with Gasteiger partial charge in [-0.3, -0.25) is 4.79 Å². The van der Waals surface area contributed by atoms with E-state index in [4.69, 9.17) is 4.74 Å². The number of rotatable bonds is 9. The fourth-order valence-electron chi connectivity index (χ4n) is 2.92. The van der Waals surface area contributed by atoms with Gasteiger partial charge in [0, 0.05) is 19.0 Å². The molecule has 1 unspecified atom stereocenters. The standard InChI is InChI=1S/C21H23F3N4O4/c1-2-15(29)4-3-5-18-25-10-14(11-26-18)28-9-8-17(20(28)30)32-16-6-7-19(27-12-16)31-13-21(22,23)24/h3,5-7,10-12,15,17,29H,2,4,8-9,13H2,1H3/b5-3+/t15?,17-/m1/s1. The lowest BCUT2D eigenvalue weighted by atomic mass is 10.2. The molecule has 0 bridgehead atoms. The van der Waals surface area contributed by atoms with Crippen LogP contribution >= 0.6 is 0 Å². The highest BCUT2D eigenvalue weighted by atomic mass is 19.4. The first-order chi connectivity index (χ1) is 15.2. The van der Waals surface area contributed by atoms with Gasteiger partial charge in [0.15, 0.2) is 18.5 Å². The van der Waals surface area contributed by atoms with Crippen LogP contribution in [0.1, 0.15) is 32.0 Å². The number of aliphatic hydroxyl groups is 1. The molecule has 3 heterocycles. The summed E-state index contributed by atoms with van der Waals surface area (Å²) in [6.45, 7) is 0.866. The molecule has 1 aliphatic rings. The molecule has 0 aromatic carbocycles. The van der Waals surface area contributed by atoms with Crippen LogP contribution in [0.3, 0.4) is 0 Å². The Morgan fingerprint density at radius 2 is 2.00 bits per heavy atom. The number of hydrogen-bond acceptors (Lipinski definition) is 7. The molecule has 0 radical (unpaired) electrons. The van der Waals surface area contributed by atoms with Gasteiger partial charge in [-0.1, -0.05) is 13.0 Å². The van der Waals surface area contributed by atoms with Crippen molar-refractivity contribution in [3.05, 3.63) is 42.6 Å². The average Bonchev–Trinajstić information content (AvgIpc) is 3.13. The van der Waals surface area contributed by atoms with E-state index >= 15 is 0 Å². The summed E-state index contributed by atoms with van der Waals surface area (Å²) in [6.07, 6.45) is 3.77. The Hall–Kier alpha value is -3.21. The predicted molar refractivity (Wildman–Crippen MR) is 109 cm³/mol. The molecule has 1 amide bonds. The van der Waals surface area contributed by atoms with Crippen LogP contribution < -0.4 is 14.4 Å². The summed E-state index contributed by atoms with van der Waals surface area (Å²) in [4.78, 5) is 26.4. The molecule has 0 saturated carbocycles. The molecule has 11 heteroatoms. The lowest BCUT2D eigenvalue weighted by Gasteiger charge is -2.16. The summed E-state index contributed by atoms with van der Waals surface area (Å²) in [7, 11) is 0. The number of aliphatic hydroxyl groups excluding tert-OH is 1. The first-order valence-electron chi connectivity index (χ1n) is 10.1. The van der Waals surface area contributed by atoms with Crippen LogP contribution in [-0.4, -0.2) is 57.5 Å². The van der Waals surface area contributed by atoms with Gasteiger partial charge >= 0.3 is 6.18 Å². The number of carbonyl (C=O) groups excluding carboxylic acids is 1.